The van der Waals surface area contributed by atoms with Crippen molar-refractivity contribution in [3.8, 4) is 0 Å². The average molecular weight is 211 g/mol. The molecule has 0 amide bonds. The quantitative estimate of drug-likeness (QED) is 0.807. The van der Waals surface area contributed by atoms with Crippen LogP contribution in [0, 0.1) is 0 Å². The molecule has 1 aromatic rings. The fourth-order valence-corrected chi connectivity index (χ4v) is 2.88. The van der Waals surface area contributed by atoms with E-state index < -0.39 is 5.60 Å². The Balaban J connectivity index is 2.01. The van der Waals surface area contributed by atoms with Crippen molar-refractivity contribution in [2.45, 2.75) is 32.4 Å². The van der Waals surface area contributed by atoms with Crippen molar-refractivity contribution in [3.05, 3.63) is 21.9 Å². The molecule has 0 saturated heterocycles. The fraction of sp³-hybridized carbons (Fsp3) is 0.636. The standard InChI is InChI=1S/C11H17NOS/c1-11(2,13)8-12-5-3-10-9(7-12)4-6-14-10/h4,6,13H,3,5,7-8H2,1-2H3. The van der Waals surface area contributed by atoms with Gasteiger partial charge in [0, 0.05) is 24.5 Å². The van der Waals surface area contributed by atoms with Crippen LogP contribution in [-0.4, -0.2) is 28.7 Å². The van der Waals surface area contributed by atoms with Gasteiger partial charge in [-0.1, -0.05) is 0 Å². The molecule has 0 saturated carbocycles. The molecule has 0 spiro atoms. The Bertz CT molecular complexity index is 313. The van der Waals surface area contributed by atoms with E-state index in [1.54, 1.807) is 0 Å². The van der Waals surface area contributed by atoms with E-state index >= 15 is 0 Å². The number of aliphatic hydroxyl groups is 1. The molecule has 2 heterocycles. The zero-order valence-electron chi connectivity index (χ0n) is 8.79. The molecule has 1 N–H and O–H groups in total. The van der Waals surface area contributed by atoms with Crippen molar-refractivity contribution >= 4 is 11.3 Å². The van der Waals surface area contributed by atoms with Gasteiger partial charge in [0.05, 0.1) is 5.60 Å². The first-order chi connectivity index (χ1) is 6.54. The number of hydrogen-bond acceptors (Lipinski definition) is 3. The summed E-state index contributed by atoms with van der Waals surface area (Å²) in [7, 11) is 0. The van der Waals surface area contributed by atoms with Gasteiger partial charge in [0.1, 0.15) is 0 Å². The minimum absolute atomic E-state index is 0.576. The highest BCUT2D eigenvalue weighted by Crippen LogP contribution is 2.24. The summed E-state index contributed by atoms with van der Waals surface area (Å²) in [6, 6.07) is 2.20. The largest absolute Gasteiger partial charge is 0.389 e. The Labute approximate surface area is 89.2 Å². The lowest BCUT2D eigenvalue weighted by Gasteiger charge is -2.31. The molecular formula is C11H17NOS. The topological polar surface area (TPSA) is 23.5 Å². The molecule has 1 aromatic heterocycles. The molecule has 0 bridgehead atoms. The van der Waals surface area contributed by atoms with Crippen molar-refractivity contribution in [2.75, 3.05) is 13.1 Å². The van der Waals surface area contributed by atoms with Crippen LogP contribution in [0.3, 0.4) is 0 Å². The SMILES string of the molecule is CC(C)(O)CN1CCc2sccc2C1. The predicted octanol–water partition coefficient (Wildman–Crippen LogP) is 1.88. The third kappa shape index (κ3) is 2.35. The molecule has 2 rings (SSSR count). The van der Waals surface area contributed by atoms with E-state index in [2.05, 4.69) is 16.3 Å². The van der Waals surface area contributed by atoms with Gasteiger partial charge in [0.25, 0.3) is 0 Å². The number of β-amino-alcohol motifs (C(OH)–C–C–N with tert-alkyl or cyclic N) is 1. The first kappa shape index (κ1) is 10.1. The van der Waals surface area contributed by atoms with Gasteiger partial charge in [-0.3, -0.25) is 4.90 Å². The van der Waals surface area contributed by atoms with E-state index in [-0.39, 0.29) is 0 Å². The van der Waals surface area contributed by atoms with E-state index in [1.165, 1.54) is 10.4 Å². The summed E-state index contributed by atoms with van der Waals surface area (Å²) in [4.78, 5) is 3.85. The summed E-state index contributed by atoms with van der Waals surface area (Å²) in [5, 5.41) is 11.9. The van der Waals surface area contributed by atoms with Gasteiger partial charge >= 0.3 is 0 Å². The Hall–Kier alpha value is -0.380. The van der Waals surface area contributed by atoms with Crippen molar-refractivity contribution in [1.29, 1.82) is 0 Å². The molecular weight excluding hydrogens is 194 g/mol. The van der Waals surface area contributed by atoms with E-state index in [1.807, 2.05) is 25.2 Å². The minimum atomic E-state index is -0.576. The highest BCUT2D eigenvalue weighted by Gasteiger charge is 2.22. The first-order valence-electron chi connectivity index (χ1n) is 5.04. The Morgan fingerprint density at radius 2 is 2.36 bits per heavy atom. The van der Waals surface area contributed by atoms with Crippen LogP contribution in [0.4, 0.5) is 0 Å². The molecule has 2 nitrogen and oxygen atoms in total. The Morgan fingerprint density at radius 3 is 3.07 bits per heavy atom. The highest BCUT2D eigenvalue weighted by molar-refractivity contribution is 7.10. The minimum Gasteiger partial charge on any atom is -0.389 e. The Kier molecular flexibility index (Phi) is 2.64. The molecule has 0 unspecified atom stereocenters. The fourth-order valence-electron chi connectivity index (χ4n) is 1.99. The lowest BCUT2D eigenvalue weighted by atomic mass is 10.1. The van der Waals surface area contributed by atoms with Crippen LogP contribution in [0.2, 0.25) is 0 Å². The summed E-state index contributed by atoms with van der Waals surface area (Å²) >= 11 is 1.86. The summed E-state index contributed by atoms with van der Waals surface area (Å²) < 4.78 is 0. The molecule has 78 valence electrons. The normalized spacial score (nSPS) is 18.2. The van der Waals surface area contributed by atoms with Crippen LogP contribution in [0.1, 0.15) is 24.3 Å². The van der Waals surface area contributed by atoms with E-state index in [4.69, 9.17) is 0 Å². The van der Waals surface area contributed by atoms with Crippen LogP contribution >= 0.6 is 11.3 Å². The van der Waals surface area contributed by atoms with Crippen LogP contribution < -0.4 is 0 Å². The van der Waals surface area contributed by atoms with Gasteiger partial charge in [-0.2, -0.15) is 0 Å². The van der Waals surface area contributed by atoms with E-state index in [0.29, 0.717) is 0 Å². The molecule has 0 fully saturated rings. The molecule has 14 heavy (non-hydrogen) atoms. The van der Waals surface area contributed by atoms with Crippen molar-refractivity contribution in [3.63, 3.8) is 0 Å². The van der Waals surface area contributed by atoms with Crippen LogP contribution in [0.5, 0.6) is 0 Å². The van der Waals surface area contributed by atoms with Crippen molar-refractivity contribution in [1.82, 2.24) is 4.90 Å². The zero-order chi connectivity index (χ0) is 10.2. The second kappa shape index (κ2) is 3.65. The number of fused-ring (bicyclic) bond motifs is 1. The van der Waals surface area contributed by atoms with Crippen molar-refractivity contribution < 1.29 is 5.11 Å². The second-order valence-corrected chi connectivity index (χ2v) is 5.64. The number of hydrogen-bond donors (Lipinski definition) is 1. The van der Waals surface area contributed by atoms with Gasteiger partial charge in [-0.15, -0.1) is 11.3 Å². The monoisotopic (exact) mass is 211 g/mol. The van der Waals surface area contributed by atoms with Gasteiger partial charge in [0.15, 0.2) is 0 Å². The summed E-state index contributed by atoms with van der Waals surface area (Å²) in [5.41, 5.74) is 0.874. The molecule has 1 aliphatic heterocycles. The molecule has 0 aromatic carbocycles. The molecule has 0 aliphatic carbocycles. The molecule has 3 heteroatoms. The lowest BCUT2D eigenvalue weighted by molar-refractivity contribution is 0.0320. The second-order valence-electron chi connectivity index (χ2n) is 4.64. The van der Waals surface area contributed by atoms with Gasteiger partial charge in [0.2, 0.25) is 0 Å². The van der Waals surface area contributed by atoms with Gasteiger partial charge < -0.3 is 5.11 Å². The lowest BCUT2D eigenvalue weighted by Crippen LogP contribution is -2.40. The number of nitrogens with zero attached hydrogens (tertiary/aromatic N) is 1. The summed E-state index contributed by atoms with van der Waals surface area (Å²) in [6.45, 7) is 6.59. The maximum atomic E-state index is 9.73. The number of rotatable bonds is 2. The summed E-state index contributed by atoms with van der Waals surface area (Å²) in [5.74, 6) is 0. The van der Waals surface area contributed by atoms with Crippen LogP contribution in [0.15, 0.2) is 11.4 Å². The van der Waals surface area contributed by atoms with E-state index in [9.17, 15) is 5.11 Å². The molecule has 0 atom stereocenters. The molecule has 0 radical (unpaired) electrons. The smallest absolute Gasteiger partial charge is 0.0718 e. The third-order valence-electron chi connectivity index (χ3n) is 2.50. The summed E-state index contributed by atoms with van der Waals surface area (Å²) in [6.07, 6.45) is 1.14. The number of thiophene rings is 1. The van der Waals surface area contributed by atoms with Crippen LogP contribution in [0.25, 0.3) is 0 Å². The van der Waals surface area contributed by atoms with Gasteiger partial charge in [-0.05, 0) is 37.3 Å². The molecule has 1 aliphatic rings. The average Bonchev–Trinajstić information content (AvgIpc) is 2.47. The zero-order valence-corrected chi connectivity index (χ0v) is 9.60. The van der Waals surface area contributed by atoms with Crippen LogP contribution in [-0.2, 0) is 13.0 Å². The highest BCUT2D eigenvalue weighted by atomic mass is 32.1. The predicted molar refractivity (Wildman–Crippen MR) is 59.6 cm³/mol. The first-order valence-corrected chi connectivity index (χ1v) is 5.92. The van der Waals surface area contributed by atoms with Gasteiger partial charge in [-0.25, -0.2) is 0 Å². The van der Waals surface area contributed by atoms with E-state index in [0.717, 1.165) is 26.1 Å². The Morgan fingerprint density at radius 1 is 1.57 bits per heavy atom. The third-order valence-corrected chi connectivity index (χ3v) is 3.52. The van der Waals surface area contributed by atoms with Crippen molar-refractivity contribution in [2.24, 2.45) is 0 Å². The maximum absolute atomic E-state index is 9.73. The maximum Gasteiger partial charge on any atom is 0.0718 e.